The predicted molar refractivity (Wildman–Crippen MR) is 74.0 cm³/mol. The van der Waals surface area contributed by atoms with E-state index >= 15 is 0 Å². The maximum atomic E-state index is 5.98. The Hall–Kier alpha value is -0.220. The molecule has 1 aliphatic rings. The SMILES string of the molecule is COC1(CSc2cccc(Cl)c2)CCNCC1. The fraction of sp³-hybridized carbons (Fsp3) is 0.538. The Bertz CT molecular complexity index is 366. The van der Waals surface area contributed by atoms with E-state index in [1.54, 1.807) is 0 Å². The summed E-state index contributed by atoms with van der Waals surface area (Å²) >= 11 is 7.81. The minimum atomic E-state index is 0.0260. The van der Waals surface area contributed by atoms with Crippen LogP contribution in [0.15, 0.2) is 29.2 Å². The molecule has 0 bridgehead atoms. The van der Waals surface area contributed by atoms with Crippen LogP contribution in [0.3, 0.4) is 0 Å². The smallest absolute Gasteiger partial charge is 0.0796 e. The maximum Gasteiger partial charge on any atom is 0.0796 e. The molecule has 17 heavy (non-hydrogen) atoms. The summed E-state index contributed by atoms with van der Waals surface area (Å²) in [5.41, 5.74) is 0.0260. The minimum absolute atomic E-state index is 0.0260. The zero-order chi connectivity index (χ0) is 12.1. The Morgan fingerprint density at radius 1 is 1.41 bits per heavy atom. The van der Waals surface area contributed by atoms with Gasteiger partial charge in [-0.25, -0.2) is 0 Å². The van der Waals surface area contributed by atoms with Crippen molar-refractivity contribution in [3.8, 4) is 0 Å². The molecule has 0 aliphatic carbocycles. The van der Waals surface area contributed by atoms with E-state index in [-0.39, 0.29) is 5.60 Å². The molecule has 0 unspecified atom stereocenters. The molecular weight excluding hydrogens is 254 g/mol. The van der Waals surface area contributed by atoms with Gasteiger partial charge in [-0.05, 0) is 44.1 Å². The first-order valence-electron chi connectivity index (χ1n) is 5.88. The van der Waals surface area contributed by atoms with Gasteiger partial charge in [0.05, 0.1) is 5.60 Å². The van der Waals surface area contributed by atoms with Crippen LogP contribution in [-0.2, 0) is 4.74 Å². The van der Waals surface area contributed by atoms with Crippen molar-refractivity contribution in [1.82, 2.24) is 5.32 Å². The molecule has 2 nitrogen and oxygen atoms in total. The van der Waals surface area contributed by atoms with E-state index in [0.29, 0.717) is 0 Å². The Morgan fingerprint density at radius 2 is 2.18 bits per heavy atom. The third-order valence-electron chi connectivity index (χ3n) is 3.25. The highest BCUT2D eigenvalue weighted by Gasteiger charge is 2.31. The lowest BCUT2D eigenvalue weighted by atomic mass is 9.94. The topological polar surface area (TPSA) is 21.3 Å². The molecule has 1 N–H and O–H groups in total. The highest BCUT2D eigenvalue weighted by Crippen LogP contribution is 2.31. The van der Waals surface area contributed by atoms with Crippen molar-refractivity contribution < 1.29 is 4.74 Å². The first-order chi connectivity index (χ1) is 8.24. The molecule has 1 fully saturated rings. The van der Waals surface area contributed by atoms with E-state index in [1.807, 2.05) is 37.1 Å². The fourth-order valence-corrected chi connectivity index (χ4v) is 3.54. The van der Waals surface area contributed by atoms with Gasteiger partial charge in [0.15, 0.2) is 0 Å². The summed E-state index contributed by atoms with van der Waals surface area (Å²) in [5, 5.41) is 4.17. The van der Waals surface area contributed by atoms with E-state index in [0.717, 1.165) is 36.7 Å². The number of thioether (sulfide) groups is 1. The summed E-state index contributed by atoms with van der Waals surface area (Å²) in [6.07, 6.45) is 2.16. The molecule has 1 heterocycles. The van der Waals surface area contributed by atoms with E-state index in [2.05, 4.69) is 11.4 Å². The molecule has 1 aliphatic heterocycles. The van der Waals surface area contributed by atoms with Gasteiger partial charge >= 0.3 is 0 Å². The quantitative estimate of drug-likeness (QED) is 0.850. The maximum absolute atomic E-state index is 5.98. The lowest BCUT2D eigenvalue weighted by Gasteiger charge is -2.36. The third-order valence-corrected chi connectivity index (χ3v) is 4.74. The Morgan fingerprint density at radius 3 is 2.82 bits per heavy atom. The summed E-state index contributed by atoms with van der Waals surface area (Å²) < 4.78 is 5.74. The average Bonchev–Trinajstić information content (AvgIpc) is 2.38. The third kappa shape index (κ3) is 3.62. The number of piperidine rings is 1. The summed E-state index contributed by atoms with van der Waals surface area (Å²) in [6.45, 7) is 2.09. The second-order valence-electron chi connectivity index (χ2n) is 4.38. The highest BCUT2D eigenvalue weighted by molar-refractivity contribution is 7.99. The molecule has 4 heteroatoms. The van der Waals surface area contributed by atoms with E-state index in [9.17, 15) is 0 Å². The standard InChI is InChI=1S/C13H18ClNOS/c1-16-13(5-7-15-8-6-13)10-17-12-4-2-3-11(14)9-12/h2-4,9,15H,5-8,10H2,1H3. The number of halogens is 1. The molecule has 0 radical (unpaired) electrons. The Kier molecular flexibility index (Phi) is 4.74. The zero-order valence-electron chi connectivity index (χ0n) is 10.0. The zero-order valence-corrected chi connectivity index (χ0v) is 11.6. The van der Waals surface area contributed by atoms with Crippen molar-refractivity contribution in [3.63, 3.8) is 0 Å². The molecule has 0 saturated carbocycles. The Balaban J connectivity index is 1.95. The molecule has 1 saturated heterocycles. The van der Waals surface area contributed by atoms with E-state index in [1.165, 1.54) is 4.90 Å². The minimum Gasteiger partial charge on any atom is -0.377 e. The van der Waals surface area contributed by atoms with Crippen LogP contribution in [0.5, 0.6) is 0 Å². The van der Waals surface area contributed by atoms with Gasteiger partial charge in [0.1, 0.15) is 0 Å². The van der Waals surface area contributed by atoms with E-state index in [4.69, 9.17) is 16.3 Å². The highest BCUT2D eigenvalue weighted by atomic mass is 35.5. The summed E-state index contributed by atoms with van der Waals surface area (Å²) in [7, 11) is 1.82. The van der Waals surface area contributed by atoms with Crippen LogP contribution < -0.4 is 5.32 Å². The van der Waals surface area contributed by atoms with Crippen molar-refractivity contribution in [1.29, 1.82) is 0 Å². The molecule has 1 aromatic carbocycles. The first kappa shape index (κ1) is 13.2. The van der Waals surface area contributed by atoms with Crippen LogP contribution >= 0.6 is 23.4 Å². The number of ether oxygens (including phenoxy) is 1. The van der Waals surface area contributed by atoms with Gasteiger partial charge < -0.3 is 10.1 Å². The number of methoxy groups -OCH3 is 1. The van der Waals surface area contributed by atoms with Gasteiger partial charge in [0.25, 0.3) is 0 Å². The summed E-state index contributed by atoms with van der Waals surface area (Å²) in [5.74, 6) is 0.992. The van der Waals surface area contributed by atoms with Gasteiger partial charge in [-0.3, -0.25) is 0 Å². The predicted octanol–water partition coefficient (Wildman–Crippen LogP) is 3.20. The molecule has 0 atom stereocenters. The van der Waals surface area contributed by atoms with Crippen molar-refractivity contribution in [2.24, 2.45) is 0 Å². The van der Waals surface area contributed by atoms with Crippen LogP contribution in [0.1, 0.15) is 12.8 Å². The molecule has 0 aromatic heterocycles. The number of hydrogen-bond donors (Lipinski definition) is 1. The molecule has 0 amide bonds. The molecule has 0 spiro atoms. The first-order valence-corrected chi connectivity index (χ1v) is 7.25. The number of rotatable bonds is 4. The fourth-order valence-electron chi connectivity index (χ4n) is 2.06. The molecule has 1 aromatic rings. The number of nitrogens with one attached hydrogen (secondary N) is 1. The van der Waals surface area contributed by atoms with Gasteiger partial charge in [-0.1, -0.05) is 17.7 Å². The molecular formula is C13H18ClNOS. The van der Waals surface area contributed by atoms with Gasteiger partial charge in [-0.15, -0.1) is 11.8 Å². The van der Waals surface area contributed by atoms with Crippen LogP contribution in [0.2, 0.25) is 5.02 Å². The van der Waals surface area contributed by atoms with Crippen molar-refractivity contribution in [2.75, 3.05) is 26.0 Å². The van der Waals surface area contributed by atoms with Gasteiger partial charge in [0.2, 0.25) is 0 Å². The average molecular weight is 272 g/mol. The van der Waals surface area contributed by atoms with Crippen LogP contribution in [0, 0.1) is 0 Å². The Labute approximate surface area is 112 Å². The summed E-state index contributed by atoms with van der Waals surface area (Å²) in [6, 6.07) is 8.01. The second-order valence-corrected chi connectivity index (χ2v) is 5.87. The van der Waals surface area contributed by atoms with Crippen molar-refractivity contribution in [2.45, 2.75) is 23.3 Å². The summed E-state index contributed by atoms with van der Waals surface area (Å²) in [4.78, 5) is 1.22. The number of benzene rings is 1. The molecule has 2 rings (SSSR count). The lowest BCUT2D eigenvalue weighted by Crippen LogP contribution is -2.45. The van der Waals surface area contributed by atoms with E-state index < -0.39 is 0 Å². The van der Waals surface area contributed by atoms with Crippen molar-refractivity contribution >= 4 is 23.4 Å². The second kappa shape index (κ2) is 6.10. The monoisotopic (exact) mass is 271 g/mol. The normalized spacial score (nSPS) is 19.2. The largest absolute Gasteiger partial charge is 0.377 e. The van der Waals surface area contributed by atoms with Crippen LogP contribution in [-0.4, -0.2) is 31.6 Å². The van der Waals surface area contributed by atoms with Gasteiger partial charge in [0, 0.05) is 22.8 Å². The van der Waals surface area contributed by atoms with Gasteiger partial charge in [-0.2, -0.15) is 0 Å². The lowest BCUT2D eigenvalue weighted by molar-refractivity contribution is -0.0136. The molecule has 94 valence electrons. The van der Waals surface area contributed by atoms with Crippen LogP contribution in [0.4, 0.5) is 0 Å². The van der Waals surface area contributed by atoms with Crippen molar-refractivity contribution in [3.05, 3.63) is 29.3 Å². The van der Waals surface area contributed by atoms with Crippen LogP contribution in [0.25, 0.3) is 0 Å². The number of hydrogen-bond acceptors (Lipinski definition) is 3.